The third-order valence-electron chi connectivity index (χ3n) is 10.7. The van der Waals surface area contributed by atoms with Crippen LogP contribution in [0.3, 0.4) is 0 Å². The van der Waals surface area contributed by atoms with Crippen LogP contribution in [-0.2, 0) is 20.1 Å². The van der Waals surface area contributed by atoms with Crippen LogP contribution in [-0.4, -0.2) is 32.8 Å². The summed E-state index contributed by atoms with van der Waals surface area (Å²) in [6, 6.07) is 48.8. The second-order valence-corrected chi connectivity index (χ2v) is 27.1. The number of fused-ring (bicyclic) bond motifs is 4. The van der Waals surface area contributed by atoms with Crippen molar-refractivity contribution < 1.29 is 24.5 Å². The van der Waals surface area contributed by atoms with Crippen molar-refractivity contribution in [3.05, 3.63) is 163 Å². The van der Waals surface area contributed by atoms with E-state index in [9.17, 15) is 0 Å². The summed E-state index contributed by atoms with van der Waals surface area (Å²) in [6.45, 7) is 11.2. The van der Waals surface area contributed by atoms with Gasteiger partial charge in [0.15, 0.2) is 0 Å². The van der Waals surface area contributed by atoms with E-state index in [2.05, 4.69) is 152 Å². The van der Waals surface area contributed by atoms with Crippen molar-refractivity contribution in [1.82, 2.24) is 19.5 Å². The fourth-order valence-electron chi connectivity index (χ4n) is 7.57. The van der Waals surface area contributed by atoms with Gasteiger partial charge in [0.05, 0.1) is 22.1 Å². The molecule has 4 aromatic heterocycles. The molecule has 9 aromatic rings. The summed E-state index contributed by atoms with van der Waals surface area (Å²) >= 11 is -1.72. The van der Waals surface area contributed by atoms with Gasteiger partial charge < -0.3 is 8.98 Å². The molecule has 0 bridgehead atoms. The van der Waals surface area contributed by atoms with Crippen molar-refractivity contribution in [2.75, 3.05) is 0 Å². The maximum absolute atomic E-state index is 6.49. The molecule has 0 fully saturated rings. The van der Waals surface area contributed by atoms with Crippen LogP contribution in [0.1, 0.15) is 56.2 Å². The zero-order chi connectivity index (χ0) is 39.8. The van der Waals surface area contributed by atoms with E-state index in [1.165, 1.54) is 32.3 Å². The maximum Gasteiger partial charge on any atom is 0 e. The fraction of sp³-hybridized carbons (Fsp3) is 0.196. The predicted molar refractivity (Wildman–Crippen MR) is 240 cm³/mol. The Hall–Kier alpha value is -5.14. The summed E-state index contributed by atoms with van der Waals surface area (Å²) in [5.74, 6) is 8.53. The minimum absolute atomic E-state index is 0. The smallest absolute Gasteiger partial charge is 0 e. The molecule has 0 saturated heterocycles. The van der Waals surface area contributed by atoms with Crippen molar-refractivity contribution in [3.8, 4) is 39.5 Å². The number of hydrogen-bond acceptors (Lipinski definition) is 4. The number of rotatable bonds is 7. The summed E-state index contributed by atoms with van der Waals surface area (Å²) in [5, 5.41) is 1.04. The predicted octanol–water partition coefficient (Wildman–Crippen LogP) is 13.1. The molecule has 0 unspecified atom stereocenters. The summed E-state index contributed by atoms with van der Waals surface area (Å²) in [4.78, 5) is 14.5. The number of aryl methyl sites for hydroxylation is 1. The Morgan fingerprint density at radius 1 is 0.707 bits per heavy atom. The van der Waals surface area contributed by atoms with Gasteiger partial charge in [-0.15, -0.1) is 11.6 Å². The van der Waals surface area contributed by atoms with Gasteiger partial charge in [-0.25, -0.2) is 0 Å². The van der Waals surface area contributed by atoms with Crippen molar-refractivity contribution in [3.63, 3.8) is 0 Å². The number of benzene rings is 5. The number of nitrogens with zero attached hydrogens (tertiary/aromatic N) is 4. The van der Waals surface area contributed by atoms with E-state index < -0.39 is 13.3 Å². The normalized spacial score (nSPS) is 11.6. The summed E-state index contributed by atoms with van der Waals surface area (Å²) in [5.41, 5.74) is 14.6. The van der Waals surface area contributed by atoms with Gasteiger partial charge in [-0.2, -0.15) is 0 Å². The molecule has 5 nitrogen and oxygen atoms in total. The standard InChI is InChI=1S/C37H32N3O.C14H16GeN.Ir/c1-22(2)28-20-26(25-13-7-6-8-14-25)21-29(23(3)4)35(28)40-31-16-10-9-15-30(31)39-37(40)27-18-19-38-34-33-24(5)12-11-17-32(33)41-36(27)34;1-15(2,3)13-9-10-14(16-11-13)12-7-5-4-6-8-12;/h6-17,19-23H,1-5H3;4-7,9-11H,1-3H3;/q2*-1;. The number of aromatic nitrogens is 4. The Kier molecular flexibility index (Phi) is 12.0. The molecule has 0 amide bonds. The molecular formula is C51H48GeIrN4O-2. The fourth-order valence-corrected chi connectivity index (χ4v) is 9.74. The average Bonchev–Trinajstić information content (AvgIpc) is 3.80. The molecule has 0 N–H and O–H groups in total. The molecule has 0 atom stereocenters. The van der Waals surface area contributed by atoms with Crippen LogP contribution in [0.5, 0.6) is 0 Å². The Bertz CT molecular complexity index is 2810. The zero-order valence-corrected chi connectivity index (χ0v) is 38.9. The Morgan fingerprint density at radius 2 is 1.41 bits per heavy atom. The van der Waals surface area contributed by atoms with Crippen molar-refractivity contribution in [1.29, 1.82) is 0 Å². The van der Waals surface area contributed by atoms with E-state index in [0.29, 0.717) is 5.58 Å². The van der Waals surface area contributed by atoms with Gasteiger partial charge in [0, 0.05) is 37.0 Å². The largest absolute Gasteiger partial charge is 0 e. The first-order valence-electron chi connectivity index (χ1n) is 19.8. The first-order valence-corrected chi connectivity index (χ1v) is 27.2. The number of para-hydroxylation sites is 2. The molecule has 58 heavy (non-hydrogen) atoms. The second-order valence-electron chi connectivity index (χ2n) is 16.4. The molecule has 0 spiro atoms. The molecule has 0 aliphatic rings. The second kappa shape index (κ2) is 17.0. The number of imidazole rings is 1. The SMILES string of the molecule is Cc1cccc2oc3c(-c4nc5ccccc5n4-c4c(C(C)C)cc(-c5ccccc5)cc4C(C)C)[c-]cnc3c12.[CH3][Ge]([CH3])([CH3])[c]1ccc(-c2[c-]cccc2)nc1.[Ir]. The van der Waals surface area contributed by atoms with Crippen LogP contribution in [0, 0.1) is 19.1 Å². The van der Waals surface area contributed by atoms with E-state index in [1.807, 2.05) is 48.7 Å². The molecule has 4 heterocycles. The van der Waals surface area contributed by atoms with Crippen LogP contribution in [0.2, 0.25) is 17.3 Å². The Balaban J connectivity index is 0.000000254. The molecule has 7 heteroatoms. The van der Waals surface area contributed by atoms with Gasteiger partial charge in [-0.1, -0.05) is 82.3 Å². The first kappa shape index (κ1) is 41.0. The van der Waals surface area contributed by atoms with E-state index in [-0.39, 0.29) is 31.9 Å². The van der Waals surface area contributed by atoms with Crippen LogP contribution in [0.4, 0.5) is 0 Å². The van der Waals surface area contributed by atoms with E-state index in [0.717, 1.165) is 55.7 Å². The molecule has 1 radical (unpaired) electrons. The molecule has 5 aromatic carbocycles. The maximum atomic E-state index is 6.49. The molecule has 9 rings (SSSR count). The molecule has 0 aliphatic carbocycles. The van der Waals surface area contributed by atoms with Gasteiger partial charge in [0.25, 0.3) is 0 Å². The van der Waals surface area contributed by atoms with E-state index in [1.54, 1.807) is 6.20 Å². The van der Waals surface area contributed by atoms with Gasteiger partial charge >= 0.3 is 99.8 Å². The topological polar surface area (TPSA) is 56.7 Å². The molecule has 293 valence electrons. The van der Waals surface area contributed by atoms with Gasteiger partial charge in [-0.3, -0.25) is 9.97 Å². The summed E-state index contributed by atoms with van der Waals surface area (Å²) in [7, 11) is 0. The monoisotopic (exact) mass is 999 g/mol. The van der Waals surface area contributed by atoms with E-state index in [4.69, 9.17) is 14.4 Å². The Morgan fingerprint density at radius 3 is 2.07 bits per heavy atom. The van der Waals surface area contributed by atoms with Crippen LogP contribution in [0.15, 0.2) is 138 Å². The minimum Gasteiger partial charge on any atom is 0 e. The zero-order valence-electron chi connectivity index (χ0n) is 34.4. The van der Waals surface area contributed by atoms with Gasteiger partial charge in [-0.05, 0) is 83.1 Å². The number of pyridine rings is 2. The molecule has 0 aliphatic heterocycles. The number of furan rings is 1. The number of hydrogen-bond donors (Lipinski definition) is 0. The summed E-state index contributed by atoms with van der Waals surface area (Å²) in [6.07, 6.45) is 3.80. The molecule has 0 saturated carbocycles. The summed E-state index contributed by atoms with van der Waals surface area (Å²) < 4.78 is 10.3. The molecular weight excluding hydrogens is 949 g/mol. The van der Waals surface area contributed by atoms with Crippen LogP contribution in [0.25, 0.3) is 72.6 Å². The first-order chi connectivity index (χ1) is 27.5. The van der Waals surface area contributed by atoms with Crippen LogP contribution < -0.4 is 4.40 Å². The Labute approximate surface area is 358 Å². The van der Waals surface area contributed by atoms with Crippen molar-refractivity contribution >= 4 is 50.8 Å². The quantitative estimate of drug-likeness (QED) is 0.118. The van der Waals surface area contributed by atoms with Gasteiger partial charge in [0.1, 0.15) is 5.58 Å². The third kappa shape index (κ3) is 7.98. The van der Waals surface area contributed by atoms with Gasteiger partial charge in [0.2, 0.25) is 0 Å². The van der Waals surface area contributed by atoms with Crippen LogP contribution >= 0.6 is 0 Å². The van der Waals surface area contributed by atoms with E-state index >= 15 is 0 Å². The third-order valence-corrected chi connectivity index (χ3v) is 14.9. The van der Waals surface area contributed by atoms with Crippen molar-refractivity contribution in [2.45, 2.75) is 63.7 Å². The average molecular weight is 998 g/mol. The minimum atomic E-state index is -1.72. The van der Waals surface area contributed by atoms with Crippen molar-refractivity contribution in [2.24, 2.45) is 0 Å².